The van der Waals surface area contributed by atoms with Crippen LogP contribution in [0.25, 0.3) is 0 Å². The van der Waals surface area contributed by atoms with Gasteiger partial charge < -0.3 is 10.0 Å². The Morgan fingerprint density at radius 2 is 1.94 bits per heavy atom. The van der Waals surface area contributed by atoms with E-state index in [1.165, 1.54) is 24.1 Å². The molecular formula is C11H14N2O4S. The number of nitrogens with one attached hydrogen (secondary N) is 1. The van der Waals surface area contributed by atoms with Crippen LogP contribution in [0.3, 0.4) is 0 Å². The maximum atomic E-state index is 11.6. The smallest absolute Gasteiger partial charge is 0.255 e. The van der Waals surface area contributed by atoms with Gasteiger partial charge >= 0.3 is 0 Å². The van der Waals surface area contributed by atoms with Crippen LogP contribution in [-0.4, -0.2) is 39.1 Å². The number of hydrogen-bond acceptors (Lipinski definition) is 4. The summed E-state index contributed by atoms with van der Waals surface area (Å²) in [6, 6.07) is 5.97. The molecule has 7 heteroatoms. The first-order valence-corrected chi connectivity index (χ1v) is 6.97. The van der Waals surface area contributed by atoms with Crippen molar-refractivity contribution in [3.63, 3.8) is 0 Å². The van der Waals surface area contributed by atoms with Gasteiger partial charge in [-0.1, -0.05) is 0 Å². The number of aliphatic hydroxyl groups is 1. The summed E-state index contributed by atoms with van der Waals surface area (Å²) < 4.78 is 25.3. The third-order valence-corrected chi connectivity index (χ3v) is 4.33. The molecule has 2 rings (SSSR count). The normalized spacial score (nSPS) is 20.4. The minimum atomic E-state index is -3.47. The summed E-state index contributed by atoms with van der Waals surface area (Å²) in [4.78, 5) is 13.2. The van der Waals surface area contributed by atoms with E-state index in [0.29, 0.717) is 18.7 Å². The van der Waals surface area contributed by atoms with Crippen LogP contribution in [-0.2, 0) is 14.8 Å². The summed E-state index contributed by atoms with van der Waals surface area (Å²) in [7, 11) is -2.13. The van der Waals surface area contributed by atoms with Gasteiger partial charge in [0.05, 0.1) is 4.90 Å². The lowest BCUT2D eigenvalue weighted by Crippen LogP contribution is -2.29. The molecular weight excluding hydrogens is 256 g/mol. The first-order chi connectivity index (χ1) is 8.45. The Hall–Kier alpha value is -1.44. The Labute approximate surface area is 105 Å². The van der Waals surface area contributed by atoms with E-state index >= 15 is 0 Å². The van der Waals surface area contributed by atoms with Crippen molar-refractivity contribution >= 4 is 21.6 Å². The van der Waals surface area contributed by atoms with E-state index in [2.05, 4.69) is 4.72 Å². The lowest BCUT2D eigenvalue weighted by molar-refractivity contribution is -0.123. The quantitative estimate of drug-likeness (QED) is 0.789. The Kier molecular flexibility index (Phi) is 3.38. The van der Waals surface area contributed by atoms with Crippen molar-refractivity contribution in [3.8, 4) is 0 Å². The molecule has 1 amide bonds. The summed E-state index contributed by atoms with van der Waals surface area (Å²) in [5.74, 6) is -0.348. The zero-order valence-corrected chi connectivity index (χ0v) is 10.6. The second-order valence-corrected chi connectivity index (χ2v) is 5.88. The van der Waals surface area contributed by atoms with E-state index in [1.54, 1.807) is 12.1 Å². The molecule has 1 aliphatic heterocycles. The maximum Gasteiger partial charge on any atom is 0.255 e. The van der Waals surface area contributed by atoms with Crippen LogP contribution in [0, 0.1) is 0 Å². The van der Waals surface area contributed by atoms with Gasteiger partial charge in [-0.15, -0.1) is 0 Å². The minimum Gasteiger partial charge on any atom is -0.383 e. The van der Waals surface area contributed by atoms with Crippen LogP contribution in [0.4, 0.5) is 5.69 Å². The van der Waals surface area contributed by atoms with Crippen molar-refractivity contribution in [2.24, 2.45) is 0 Å². The van der Waals surface area contributed by atoms with Gasteiger partial charge in [-0.2, -0.15) is 0 Å². The number of anilines is 1. The number of carbonyl (C=O) groups excluding carboxylic acids is 1. The molecule has 0 aromatic heterocycles. The van der Waals surface area contributed by atoms with Crippen molar-refractivity contribution < 1.29 is 18.3 Å². The molecule has 1 aromatic carbocycles. The van der Waals surface area contributed by atoms with Gasteiger partial charge in [0.2, 0.25) is 10.0 Å². The highest BCUT2D eigenvalue weighted by atomic mass is 32.2. The van der Waals surface area contributed by atoms with Crippen molar-refractivity contribution in [3.05, 3.63) is 24.3 Å². The SMILES string of the molecule is CNS(=O)(=O)c1ccc(N2CCC(O)C2=O)cc1. The molecule has 0 aliphatic carbocycles. The molecule has 1 fully saturated rings. The van der Waals surface area contributed by atoms with E-state index in [9.17, 15) is 18.3 Å². The van der Waals surface area contributed by atoms with Gasteiger partial charge in [-0.25, -0.2) is 13.1 Å². The van der Waals surface area contributed by atoms with Crippen LogP contribution in [0.2, 0.25) is 0 Å². The first-order valence-electron chi connectivity index (χ1n) is 5.49. The summed E-state index contributed by atoms with van der Waals surface area (Å²) in [5, 5.41) is 9.35. The van der Waals surface area contributed by atoms with Crippen molar-refractivity contribution in [1.82, 2.24) is 4.72 Å². The average Bonchev–Trinajstić information content (AvgIpc) is 2.70. The van der Waals surface area contributed by atoms with Crippen molar-refractivity contribution in [1.29, 1.82) is 0 Å². The summed E-state index contributed by atoms with van der Waals surface area (Å²) >= 11 is 0. The number of carbonyl (C=O) groups is 1. The average molecular weight is 270 g/mol. The fraction of sp³-hybridized carbons (Fsp3) is 0.364. The largest absolute Gasteiger partial charge is 0.383 e. The molecule has 1 heterocycles. The van der Waals surface area contributed by atoms with Crippen LogP contribution in [0.15, 0.2) is 29.2 Å². The zero-order valence-electron chi connectivity index (χ0n) is 9.83. The molecule has 0 radical (unpaired) electrons. The van der Waals surface area contributed by atoms with Gasteiger partial charge in [0, 0.05) is 18.7 Å². The highest BCUT2D eigenvalue weighted by molar-refractivity contribution is 7.89. The minimum absolute atomic E-state index is 0.140. The first kappa shape index (κ1) is 13.0. The molecule has 6 nitrogen and oxygen atoms in total. The zero-order chi connectivity index (χ0) is 13.3. The lowest BCUT2D eigenvalue weighted by atomic mass is 10.3. The number of benzene rings is 1. The van der Waals surface area contributed by atoms with Gasteiger partial charge in [0.25, 0.3) is 5.91 Å². The molecule has 1 aromatic rings. The monoisotopic (exact) mass is 270 g/mol. The van der Waals surface area contributed by atoms with E-state index < -0.39 is 16.1 Å². The van der Waals surface area contributed by atoms with Crippen molar-refractivity contribution in [2.45, 2.75) is 17.4 Å². The number of amides is 1. The molecule has 0 saturated carbocycles. The molecule has 1 atom stereocenters. The molecule has 98 valence electrons. The van der Waals surface area contributed by atoms with Gasteiger partial charge in [0.15, 0.2) is 0 Å². The number of hydrogen-bond donors (Lipinski definition) is 2. The highest BCUT2D eigenvalue weighted by Crippen LogP contribution is 2.23. The van der Waals surface area contributed by atoms with E-state index in [4.69, 9.17) is 0 Å². The number of rotatable bonds is 3. The molecule has 0 spiro atoms. The Morgan fingerprint density at radius 3 is 2.39 bits per heavy atom. The van der Waals surface area contributed by atoms with E-state index in [1.807, 2.05) is 0 Å². The third-order valence-electron chi connectivity index (χ3n) is 2.90. The molecule has 18 heavy (non-hydrogen) atoms. The predicted molar refractivity (Wildman–Crippen MR) is 65.7 cm³/mol. The fourth-order valence-corrected chi connectivity index (χ4v) is 2.57. The molecule has 1 aliphatic rings. The summed E-state index contributed by atoms with van der Waals surface area (Å²) in [6.45, 7) is 0.443. The Balaban J connectivity index is 2.26. The number of aliphatic hydroxyl groups excluding tert-OH is 1. The van der Waals surface area contributed by atoms with Crippen LogP contribution < -0.4 is 9.62 Å². The fourth-order valence-electron chi connectivity index (χ4n) is 1.84. The maximum absolute atomic E-state index is 11.6. The predicted octanol–water partition coefficient (Wildman–Crippen LogP) is -0.308. The number of sulfonamides is 1. The molecule has 0 bridgehead atoms. The molecule has 1 saturated heterocycles. The van der Waals surface area contributed by atoms with Crippen LogP contribution in [0.5, 0.6) is 0 Å². The Morgan fingerprint density at radius 1 is 1.33 bits per heavy atom. The van der Waals surface area contributed by atoms with Gasteiger partial charge in [0.1, 0.15) is 6.10 Å². The van der Waals surface area contributed by atoms with E-state index in [0.717, 1.165) is 0 Å². The summed E-state index contributed by atoms with van der Waals surface area (Å²) in [5.41, 5.74) is 0.589. The molecule has 1 unspecified atom stereocenters. The van der Waals surface area contributed by atoms with Crippen LogP contribution >= 0.6 is 0 Å². The Bertz CT molecular complexity index is 553. The van der Waals surface area contributed by atoms with Crippen LogP contribution in [0.1, 0.15) is 6.42 Å². The standard InChI is InChI=1S/C11H14N2O4S/c1-12-18(16,17)9-4-2-8(3-5-9)13-7-6-10(14)11(13)15/h2-5,10,12,14H,6-7H2,1H3. The third kappa shape index (κ3) is 2.24. The van der Waals surface area contributed by atoms with Crippen molar-refractivity contribution in [2.75, 3.05) is 18.5 Å². The summed E-state index contributed by atoms with van der Waals surface area (Å²) in [6.07, 6.45) is -0.555. The lowest BCUT2D eigenvalue weighted by Gasteiger charge is -2.16. The second-order valence-electron chi connectivity index (χ2n) is 4.00. The highest BCUT2D eigenvalue weighted by Gasteiger charge is 2.30. The van der Waals surface area contributed by atoms with Gasteiger partial charge in [-0.3, -0.25) is 4.79 Å². The molecule has 2 N–H and O–H groups in total. The second kappa shape index (κ2) is 4.68. The number of nitrogens with zero attached hydrogens (tertiary/aromatic N) is 1. The topological polar surface area (TPSA) is 86.7 Å². The van der Waals surface area contributed by atoms with Gasteiger partial charge in [-0.05, 0) is 31.3 Å². The van der Waals surface area contributed by atoms with E-state index in [-0.39, 0.29) is 10.8 Å².